The van der Waals surface area contributed by atoms with Gasteiger partial charge in [-0.05, 0) is 12.5 Å². The summed E-state index contributed by atoms with van der Waals surface area (Å²) in [5.41, 5.74) is 5.39. The number of carbonyl (C=O) groups excluding carboxylic acids is 2. The van der Waals surface area contributed by atoms with Gasteiger partial charge in [0.2, 0.25) is 11.9 Å². The summed E-state index contributed by atoms with van der Waals surface area (Å²) in [5.74, 6) is -0.324. The highest BCUT2D eigenvalue weighted by molar-refractivity contribution is 6.04. The van der Waals surface area contributed by atoms with Gasteiger partial charge in [-0.3, -0.25) is 14.3 Å². The van der Waals surface area contributed by atoms with Crippen molar-refractivity contribution >= 4 is 28.7 Å². The molecular weight excluding hydrogens is 439 g/mol. The van der Waals surface area contributed by atoms with E-state index in [0.717, 1.165) is 17.8 Å². The van der Waals surface area contributed by atoms with E-state index >= 15 is 0 Å². The topological polar surface area (TPSA) is 110 Å². The van der Waals surface area contributed by atoms with Gasteiger partial charge in [-0.2, -0.15) is 18.3 Å². The second-order valence-electron chi connectivity index (χ2n) is 7.74. The Bertz CT molecular complexity index is 1150. The van der Waals surface area contributed by atoms with Gasteiger partial charge >= 0.3 is 6.18 Å². The molecule has 0 unspecified atom stereocenters. The first-order chi connectivity index (χ1) is 15.7. The lowest BCUT2D eigenvalue weighted by atomic mass is 10.1. The van der Waals surface area contributed by atoms with Crippen LogP contribution in [-0.4, -0.2) is 62.6 Å². The standard InChI is InChI=1S/C21H22F3N7O2/c22-21(23,24)15-11-26-20(27-12-15)30-9-7-29(8-10-30)17(32)5-2-6-31-13-14-3-1-4-16(19(25)33)18(14)28-31/h1,3-4,11-13H,2,5-10H2,(H2,25,33). The summed E-state index contributed by atoms with van der Waals surface area (Å²) < 4.78 is 39.7. The van der Waals surface area contributed by atoms with Crippen LogP contribution in [0.5, 0.6) is 0 Å². The minimum absolute atomic E-state index is 0.00229. The number of rotatable bonds is 6. The Balaban J connectivity index is 1.26. The molecule has 0 radical (unpaired) electrons. The SMILES string of the molecule is NC(=O)c1cccc2cn(CCCC(=O)N3CCN(c4ncc(C(F)(F)F)cn4)CC3)nc12. The summed E-state index contributed by atoms with van der Waals surface area (Å²) in [5, 5.41) is 5.21. The van der Waals surface area contributed by atoms with Crippen molar-refractivity contribution in [3.63, 3.8) is 0 Å². The van der Waals surface area contributed by atoms with E-state index in [4.69, 9.17) is 5.73 Å². The maximum Gasteiger partial charge on any atom is 0.419 e. The molecule has 2 N–H and O–H groups in total. The number of carbonyl (C=O) groups is 2. The fourth-order valence-electron chi connectivity index (χ4n) is 3.75. The van der Waals surface area contributed by atoms with Crippen LogP contribution < -0.4 is 10.6 Å². The van der Waals surface area contributed by atoms with Crippen LogP contribution >= 0.6 is 0 Å². The third kappa shape index (κ3) is 5.04. The molecule has 12 heteroatoms. The zero-order valence-corrected chi connectivity index (χ0v) is 17.6. The second-order valence-corrected chi connectivity index (χ2v) is 7.74. The van der Waals surface area contributed by atoms with Gasteiger partial charge in [-0.1, -0.05) is 12.1 Å². The Kier molecular flexibility index (Phi) is 6.16. The molecule has 0 atom stereocenters. The van der Waals surface area contributed by atoms with Crippen LogP contribution in [-0.2, 0) is 17.5 Å². The lowest BCUT2D eigenvalue weighted by Gasteiger charge is -2.34. The van der Waals surface area contributed by atoms with Gasteiger partial charge in [0.05, 0.1) is 11.1 Å². The number of primary amides is 1. The number of piperazine rings is 1. The van der Waals surface area contributed by atoms with Crippen molar-refractivity contribution < 1.29 is 22.8 Å². The van der Waals surface area contributed by atoms with E-state index < -0.39 is 17.6 Å². The van der Waals surface area contributed by atoms with Crippen LogP contribution in [0.15, 0.2) is 36.8 Å². The number of nitrogens with two attached hydrogens (primary N) is 1. The number of aryl methyl sites for hydroxylation is 1. The number of fused-ring (bicyclic) bond motifs is 1. The van der Waals surface area contributed by atoms with Crippen molar-refractivity contribution in [3.8, 4) is 0 Å². The summed E-state index contributed by atoms with van der Waals surface area (Å²) in [6, 6.07) is 5.21. The molecular formula is C21H22F3N7O2. The van der Waals surface area contributed by atoms with Crippen molar-refractivity contribution in [2.45, 2.75) is 25.6 Å². The van der Waals surface area contributed by atoms with E-state index in [1.54, 1.807) is 26.6 Å². The molecule has 0 saturated carbocycles. The monoisotopic (exact) mass is 461 g/mol. The van der Waals surface area contributed by atoms with E-state index in [1.165, 1.54) is 0 Å². The molecule has 1 aliphatic rings. The van der Waals surface area contributed by atoms with Crippen LogP contribution in [0.1, 0.15) is 28.8 Å². The molecule has 33 heavy (non-hydrogen) atoms. The first-order valence-electron chi connectivity index (χ1n) is 10.4. The number of amides is 2. The minimum Gasteiger partial charge on any atom is -0.366 e. The van der Waals surface area contributed by atoms with Crippen molar-refractivity contribution in [2.24, 2.45) is 5.73 Å². The molecule has 1 fully saturated rings. The smallest absolute Gasteiger partial charge is 0.366 e. The first-order valence-corrected chi connectivity index (χ1v) is 10.4. The Morgan fingerprint density at radius 2 is 1.76 bits per heavy atom. The average molecular weight is 461 g/mol. The third-order valence-electron chi connectivity index (χ3n) is 5.51. The molecule has 4 rings (SSSR count). The molecule has 1 saturated heterocycles. The lowest BCUT2D eigenvalue weighted by molar-refractivity contribution is -0.138. The van der Waals surface area contributed by atoms with E-state index in [2.05, 4.69) is 15.1 Å². The highest BCUT2D eigenvalue weighted by Gasteiger charge is 2.32. The van der Waals surface area contributed by atoms with Crippen molar-refractivity contribution in [1.82, 2.24) is 24.6 Å². The Morgan fingerprint density at radius 3 is 2.39 bits per heavy atom. The number of benzene rings is 1. The molecule has 1 aromatic carbocycles. The van der Waals surface area contributed by atoms with Crippen LogP contribution in [0.25, 0.3) is 10.9 Å². The fourth-order valence-corrected chi connectivity index (χ4v) is 3.75. The van der Waals surface area contributed by atoms with Crippen molar-refractivity contribution in [1.29, 1.82) is 0 Å². The molecule has 1 aliphatic heterocycles. The van der Waals surface area contributed by atoms with Crippen molar-refractivity contribution in [2.75, 3.05) is 31.1 Å². The first kappa shape index (κ1) is 22.5. The number of halogens is 3. The highest BCUT2D eigenvalue weighted by atomic mass is 19.4. The minimum atomic E-state index is -4.48. The molecule has 9 nitrogen and oxygen atoms in total. The maximum atomic E-state index is 12.7. The van der Waals surface area contributed by atoms with Gasteiger partial charge in [-0.25, -0.2) is 9.97 Å². The van der Waals surface area contributed by atoms with Crippen molar-refractivity contribution in [3.05, 3.63) is 47.9 Å². The molecule has 0 aliphatic carbocycles. The molecule has 2 amide bonds. The predicted molar refractivity (Wildman–Crippen MR) is 113 cm³/mol. The Labute approximate surface area is 187 Å². The molecule has 0 spiro atoms. The van der Waals surface area contributed by atoms with E-state index in [9.17, 15) is 22.8 Å². The van der Waals surface area contributed by atoms with Gasteiger partial charge in [0.15, 0.2) is 0 Å². The van der Waals surface area contributed by atoms with Crippen LogP contribution in [0.4, 0.5) is 19.1 Å². The van der Waals surface area contributed by atoms with Gasteiger partial charge in [0.25, 0.3) is 5.91 Å². The zero-order chi connectivity index (χ0) is 23.6. The normalized spacial score (nSPS) is 14.6. The molecule has 2 aromatic heterocycles. The van der Waals surface area contributed by atoms with Gasteiger partial charge < -0.3 is 15.5 Å². The van der Waals surface area contributed by atoms with E-state index in [0.29, 0.717) is 56.6 Å². The summed E-state index contributed by atoms with van der Waals surface area (Å²) in [7, 11) is 0. The van der Waals surface area contributed by atoms with E-state index in [1.807, 2.05) is 12.3 Å². The maximum absolute atomic E-state index is 12.7. The predicted octanol–water partition coefficient (Wildman–Crippen LogP) is 2.07. The highest BCUT2D eigenvalue weighted by Crippen LogP contribution is 2.28. The largest absolute Gasteiger partial charge is 0.419 e. The number of aromatic nitrogens is 4. The summed E-state index contributed by atoms with van der Waals surface area (Å²) >= 11 is 0. The van der Waals surface area contributed by atoms with Crippen LogP contribution in [0, 0.1) is 0 Å². The summed E-state index contributed by atoms with van der Waals surface area (Å²) in [4.78, 5) is 35.2. The van der Waals surface area contributed by atoms with Crippen LogP contribution in [0.2, 0.25) is 0 Å². The number of nitrogens with zero attached hydrogens (tertiary/aromatic N) is 6. The molecule has 0 bridgehead atoms. The third-order valence-corrected chi connectivity index (χ3v) is 5.51. The summed E-state index contributed by atoms with van der Waals surface area (Å²) in [6.45, 7) is 2.28. The molecule has 3 aromatic rings. The second kappa shape index (κ2) is 9.04. The summed E-state index contributed by atoms with van der Waals surface area (Å²) in [6.07, 6.45) is -0.224. The quantitative estimate of drug-likeness (QED) is 0.602. The Hall–Kier alpha value is -3.70. The number of anilines is 1. The van der Waals surface area contributed by atoms with Gasteiger partial charge in [0.1, 0.15) is 5.52 Å². The fraction of sp³-hybridized carbons (Fsp3) is 0.381. The average Bonchev–Trinajstić information content (AvgIpc) is 3.21. The number of hydrogen-bond donors (Lipinski definition) is 1. The van der Waals surface area contributed by atoms with Crippen LogP contribution in [0.3, 0.4) is 0 Å². The van der Waals surface area contributed by atoms with Gasteiger partial charge in [-0.15, -0.1) is 0 Å². The lowest BCUT2D eigenvalue weighted by Crippen LogP contribution is -2.49. The molecule has 174 valence electrons. The Morgan fingerprint density at radius 1 is 1.06 bits per heavy atom. The number of hydrogen-bond acceptors (Lipinski definition) is 6. The zero-order valence-electron chi connectivity index (χ0n) is 17.6. The molecule has 3 heterocycles. The van der Waals surface area contributed by atoms with E-state index in [-0.39, 0.29) is 11.9 Å². The number of alkyl halides is 3. The van der Waals surface area contributed by atoms with Gasteiger partial charge in [0, 0.05) is 63.1 Å².